The van der Waals surface area contributed by atoms with Crippen molar-refractivity contribution in [2.24, 2.45) is 0 Å². The quantitative estimate of drug-likeness (QED) is 0.370. The number of Topliss-reactive ketones (excluding diaryl/α,β-unsaturated/α-hetero) is 1. The summed E-state index contributed by atoms with van der Waals surface area (Å²) < 4.78 is 72.1. The van der Waals surface area contributed by atoms with Gasteiger partial charge in [0.2, 0.25) is 0 Å². The zero-order chi connectivity index (χ0) is 25.8. The van der Waals surface area contributed by atoms with Crippen LogP contribution in [0.15, 0.2) is 59.4 Å². The molecule has 0 spiro atoms. The van der Waals surface area contributed by atoms with Gasteiger partial charge in [-0.1, -0.05) is 12.1 Å². The summed E-state index contributed by atoms with van der Waals surface area (Å²) in [7, 11) is 0. The Kier molecular flexibility index (Phi) is 7.47. The summed E-state index contributed by atoms with van der Waals surface area (Å²) in [5.41, 5.74) is -2.04. The van der Waals surface area contributed by atoms with E-state index in [4.69, 9.17) is 4.74 Å². The minimum Gasteiger partial charge on any atom is -0.482 e. The maximum atomic E-state index is 13.1. The van der Waals surface area contributed by atoms with E-state index in [1.807, 2.05) is 0 Å². The van der Waals surface area contributed by atoms with Gasteiger partial charge in [-0.3, -0.25) is 14.4 Å². The van der Waals surface area contributed by atoms with Crippen LogP contribution in [0, 0.1) is 0 Å². The van der Waals surface area contributed by atoms with Crippen molar-refractivity contribution in [1.29, 1.82) is 0 Å². The molecule has 0 radical (unpaired) electrons. The molecule has 0 aliphatic heterocycles. The van der Waals surface area contributed by atoms with Crippen molar-refractivity contribution >= 4 is 17.4 Å². The Morgan fingerprint density at radius 1 is 1.09 bits per heavy atom. The molecule has 13 heteroatoms. The molecule has 2 aromatic carbocycles. The van der Waals surface area contributed by atoms with Crippen molar-refractivity contribution in [2.75, 3.05) is 11.9 Å². The lowest BCUT2D eigenvalue weighted by molar-refractivity contribution is -0.153. The van der Waals surface area contributed by atoms with Crippen LogP contribution in [-0.2, 0) is 0 Å². The molecule has 3 aromatic rings. The average Bonchev–Trinajstić information content (AvgIpc) is 2.78. The lowest BCUT2D eigenvalue weighted by Crippen LogP contribution is -2.32. The summed E-state index contributed by atoms with van der Waals surface area (Å²) in [5.74, 6) is -2.14. The van der Waals surface area contributed by atoms with Gasteiger partial charge >= 0.3 is 12.8 Å². The zero-order valence-corrected chi connectivity index (χ0v) is 17.8. The molecule has 0 saturated heterocycles. The fraction of sp³-hybridized carbons (Fsp3) is 0.182. The number of carbonyl (C=O) groups excluding carboxylic acids is 2. The van der Waals surface area contributed by atoms with Crippen molar-refractivity contribution in [3.05, 3.63) is 76.2 Å². The van der Waals surface area contributed by atoms with Crippen molar-refractivity contribution in [3.8, 4) is 17.2 Å². The van der Waals surface area contributed by atoms with Crippen LogP contribution in [0.2, 0.25) is 0 Å². The number of alkyl halides is 5. The van der Waals surface area contributed by atoms with E-state index in [0.717, 1.165) is 25.1 Å². The van der Waals surface area contributed by atoms with Gasteiger partial charge in [-0.2, -0.15) is 31.7 Å². The molecular weight excluding hydrogens is 481 g/mol. The van der Waals surface area contributed by atoms with E-state index in [2.05, 4.69) is 15.2 Å². The molecule has 0 atom stereocenters. The van der Waals surface area contributed by atoms with Crippen LogP contribution in [0.25, 0.3) is 5.69 Å². The molecule has 3 rings (SSSR count). The lowest BCUT2D eigenvalue weighted by atomic mass is 10.2. The third-order valence-corrected chi connectivity index (χ3v) is 4.34. The van der Waals surface area contributed by atoms with Crippen molar-refractivity contribution in [2.45, 2.75) is 19.7 Å². The molecule has 0 fully saturated rings. The van der Waals surface area contributed by atoms with Crippen LogP contribution in [0.1, 0.15) is 27.8 Å². The van der Waals surface area contributed by atoms with Crippen LogP contribution in [0.4, 0.5) is 27.6 Å². The number of carbonyl (C=O) groups is 2. The van der Waals surface area contributed by atoms with Gasteiger partial charge in [-0.25, -0.2) is 0 Å². The van der Waals surface area contributed by atoms with E-state index in [-0.39, 0.29) is 28.6 Å². The number of halogens is 5. The maximum absolute atomic E-state index is 13.1. The third kappa shape index (κ3) is 6.62. The van der Waals surface area contributed by atoms with Crippen LogP contribution < -0.4 is 20.3 Å². The summed E-state index contributed by atoms with van der Waals surface area (Å²) in [5, 5.41) is 6.23. The first-order chi connectivity index (χ1) is 16.4. The Morgan fingerprint density at radius 2 is 1.74 bits per heavy atom. The summed E-state index contributed by atoms with van der Waals surface area (Å²) in [4.78, 5) is 37.8. The Bertz CT molecular complexity index is 1290. The van der Waals surface area contributed by atoms with Crippen LogP contribution in [0.5, 0.6) is 11.5 Å². The number of anilines is 1. The second-order valence-electron chi connectivity index (χ2n) is 6.94. The van der Waals surface area contributed by atoms with Crippen molar-refractivity contribution in [3.63, 3.8) is 0 Å². The van der Waals surface area contributed by atoms with Crippen LogP contribution in [0.3, 0.4) is 0 Å². The normalized spacial score (nSPS) is 11.3. The Hall–Kier alpha value is -4.29. The van der Waals surface area contributed by atoms with E-state index in [1.54, 1.807) is 0 Å². The molecule has 35 heavy (non-hydrogen) atoms. The first kappa shape index (κ1) is 25.3. The van der Waals surface area contributed by atoms with Crippen molar-refractivity contribution in [1.82, 2.24) is 9.78 Å². The Balaban J connectivity index is 1.99. The monoisotopic (exact) mass is 497 g/mol. The zero-order valence-electron chi connectivity index (χ0n) is 17.8. The molecule has 1 N–H and O–H groups in total. The molecule has 0 bridgehead atoms. The molecule has 0 aliphatic carbocycles. The number of aromatic nitrogens is 2. The molecule has 184 valence electrons. The number of hydrogen-bond acceptors (Lipinski definition) is 6. The summed E-state index contributed by atoms with van der Waals surface area (Å²) in [6, 6.07) is 10.9. The fourth-order valence-corrected chi connectivity index (χ4v) is 2.82. The van der Waals surface area contributed by atoms with Gasteiger partial charge in [0, 0.05) is 12.6 Å². The highest BCUT2D eigenvalue weighted by Crippen LogP contribution is 2.24. The first-order valence-electron chi connectivity index (χ1n) is 9.75. The largest absolute Gasteiger partial charge is 0.482 e. The molecule has 0 aliphatic rings. The van der Waals surface area contributed by atoms with Gasteiger partial charge in [-0.05, 0) is 42.5 Å². The maximum Gasteiger partial charge on any atom is 0.422 e. The fourth-order valence-electron chi connectivity index (χ4n) is 2.82. The molecule has 0 unspecified atom stereocenters. The standard InChI is InChI=1S/C22H16F5N3O5/c1-12(31)16-10-15(19(32)28-13-6-8-14(9-7-13)35-21(23)24)20(33)30(29-16)17-4-2-3-5-18(17)34-11-22(25,26)27/h2-10,21H,11H2,1H3,(H,28,32). The number of rotatable bonds is 8. The molecular formula is C22H16F5N3O5. The van der Waals surface area contributed by atoms with Crippen LogP contribution >= 0.6 is 0 Å². The summed E-state index contributed by atoms with van der Waals surface area (Å²) in [6.07, 6.45) is -4.66. The summed E-state index contributed by atoms with van der Waals surface area (Å²) in [6.45, 7) is -3.57. The number of nitrogens with zero attached hydrogens (tertiary/aromatic N) is 2. The van der Waals surface area contributed by atoms with Gasteiger partial charge in [0.1, 0.15) is 28.4 Å². The number of amides is 1. The SMILES string of the molecule is CC(=O)c1cc(C(=O)Nc2ccc(OC(F)F)cc2)c(=O)n(-c2ccccc2OCC(F)(F)F)n1. The molecule has 1 amide bonds. The number of ketones is 1. The average molecular weight is 497 g/mol. The van der Waals surface area contributed by atoms with Gasteiger partial charge in [0.25, 0.3) is 11.5 Å². The first-order valence-corrected chi connectivity index (χ1v) is 9.75. The second-order valence-corrected chi connectivity index (χ2v) is 6.94. The minimum absolute atomic E-state index is 0.109. The number of para-hydroxylation sites is 2. The predicted molar refractivity (Wildman–Crippen MR) is 112 cm³/mol. The molecule has 1 aromatic heterocycles. The minimum atomic E-state index is -4.66. The highest BCUT2D eigenvalue weighted by Gasteiger charge is 2.29. The number of hydrogen-bond donors (Lipinski definition) is 1. The molecule has 1 heterocycles. The number of ether oxygens (including phenoxy) is 2. The molecule has 8 nitrogen and oxygen atoms in total. The lowest BCUT2D eigenvalue weighted by Gasteiger charge is -2.15. The predicted octanol–water partition coefficient (Wildman–Crippen LogP) is 4.23. The highest BCUT2D eigenvalue weighted by molar-refractivity contribution is 6.05. The Morgan fingerprint density at radius 3 is 2.34 bits per heavy atom. The Labute approximate surface area is 193 Å². The number of benzene rings is 2. The van der Waals surface area contributed by atoms with E-state index in [0.29, 0.717) is 4.68 Å². The summed E-state index contributed by atoms with van der Waals surface area (Å²) >= 11 is 0. The van der Waals surface area contributed by atoms with Crippen LogP contribution in [-0.4, -0.2) is 40.9 Å². The number of nitrogens with one attached hydrogen (secondary N) is 1. The van der Waals surface area contributed by atoms with Gasteiger partial charge in [0.15, 0.2) is 12.4 Å². The highest BCUT2D eigenvalue weighted by atomic mass is 19.4. The van der Waals surface area contributed by atoms with Gasteiger partial charge in [0.05, 0.1) is 0 Å². The topological polar surface area (TPSA) is 99.5 Å². The molecule has 0 saturated carbocycles. The van der Waals surface area contributed by atoms with E-state index in [1.165, 1.54) is 36.4 Å². The second kappa shape index (κ2) is 10.3. The smallest absolute Gasteiger partial charge is 0.422 e. The van der Waals surface area contributed by atoms with E-state index in [9.17, 15) is 36.3 Å². The van der Waals surface area contributed by atoms with Gasteiger partial charge < -0.3 is 14.8 Å². The van der Waals surface area contributed by atoms with E-state index >= 15 is 0 Å². The van der Waals surface area contributed by atoms with E-state index < -0.39 is 42.2 Å². The third-order valence-electron chi connectivity index (χ3n) is 4.34. The van der Waals surface area contributed by atoms with Crippen molar-refractivity contribution < 1.29 is 41.0 Å². The van der Waals surface area contributed by atoms with Gasteiger partial charge in [-0.15, -0.1) is 0 Å².